The van der Waals surface area contributed by atoms with E-state index in [2.05, 4.69) is 30.6 Å². The molecule has 1 unspecified atom stereocenters. The number of aromatic nitrogens is 6. The highest BCUT2D eigenvalue weighted by atomic mass is 32.1. The average Bonchev–Trinajstić information content (AvgIpc) is 3.43. The minimum atomic E-state index is -1.27. The summed E-state index contributed by atoms with van der Waals surface area (Å²) in [6, 6.07) is 1.87. The summed E-state index contributed by atoms with van der Waals surface area (Å²) < 4.78 is 1.82. The fourth-order valence-corrected chi connectivity index (χ4v) is 4.96. The topological polar surface area (TPSA) is 102 Å². The van der Waals surface area contributed by atoms with E-state index >= 15 is 0 Å². The van der Waals surface area contributed by atoms with E-state index in [0.717, 1.165) is 22.8 Å². The Balaban J connectivity index is 1.46. The van der Waals surface area contributed by atoms with Crippen molar-refractivity contribution >= 4 is 45.0 Å². The first-order valence-electron chi connectivity index (χ1n) is 8.66. The number of anilines is 2. The Hall–Kier alpha value is -2.21. The quantitative estimate of drug-likeness (QED) is 0.459. The number of thiazole rings is 2. The zero-order valence-corrected chi connectivity index (χ0v) is 18.0. The fraction of sp³-hybridized carbons (Fsp3) is 0.353. The van der Waals surface area contributed by atoms with E-state index in [4.69, 9.17) is 0 Å². The lowest BCUT2D eigenvalue weighted by molar-refractivity contribution is 0.101. The molecule has 11 heteroatoms. The van der Waals surface area contributed by atoms with Crippen LogP contribution in [0.4, 0.5) is 10.9 Å². The standard InChI is InChI=1S/C17H19N7OS3/c1-4-11-8-27-14(19-11)17(3,25)15-21-22-16(28-15)20-13-5-6-24(23-13)7-12-9-26-10(2)18-12/h5-6,8-9,25H,4,7H2,1-3H3,(H,20,22,23). The van der Waals surface area contributed by atoms with Gasteiger partial charge in [0.05, 0.1) is 22.9 Å². The highest BCUT2D eigenvalue weighted by molar-refractivity contribution is 7.15. The van der Waals surface area contributed by atoms with Crippen molar-refractivity contribution in [1.82, 2.24) is 29.9 Å². The molecule has 0 saturated heterocycles. The number of aliphatic hydroxyl groups is 1. The Bertz CT molecular complexity index is 1080. The molecule has 0 bridgehead atoms. The van der Waals surface area contributed by atoms with Gasteiger partial charge in [0, 0.05) is 23.0 Å². The molecule has 4 aromatic rings. The van der Waals surface area contributed by atoms with Crippen molar-refractivity contribution in [2.24, 2.45) is 0 Å². The summed E-state index contributed by atoms with van der Waals surface area (Å²) in [5, 5.41) is 33.6. The predicted octanol–water partition coefficient (Wildman–Crippen LogP) is 3.57. The maximum absolute atomic E-state index is 10.9. The van der Waals surface area contributed by atoms with Crippen LogP contribution in [0.15, 0.2) is 23.0 Å². The third kappa shape index (κ3) is 3.97. The Morgan fingerprint density at radius 3 is 2.68 bits per heavy atom. The van der Waals surface area contributed by atoms with Crippen LogP contribution in [0.2, 0.25) is 0 Å². The van der Waals surface area contributed by atoms with E-state index < -0.39 is 5.60 Å². The van der Waals surface area contributed by atoms with Gasteiger partial charge in [0.1, 0.15) is 5.01 Å². The van der Waals surface area contributed by atoms with Crippen molar-refractivity contribution in [3.8, 4) is 0 Å². The molecule has 8 nitrogen and oxygen atoms in total. The second-order valence-corrected chi connectivity index (χ2v) is 9.26. The molecule has 0 amide bonds. The summed E-state index contributed by atoms with van der Waals surface area (Å²) in [7, 11) is 0. The van der Waals surface area contributed by atoms with Gasteiger partial charge < -0.3 is 10.4 Å². The number of nitrogens with zero attached hydrogens (tertiary/aromatic N) is 6. The maximum Gasteiger partial charge on any atom is 0.211 e. The number of rotatable bonds is 7. The molecule has 146 valence electrons. The van der Waals surface area contributed by atoms with E-state index in [-0.39, 0.29) is 0 Å². The molecule has 0 spiro atoms. The normalized spacial score (nSPS) is 13.6. The SMILES string of the molecule is CCc1csc(C(C)(O)c2nnc(Nc3ccn(Cc4csc(C)n4)n3)s2)n1. The fourth-order valence-electron chi connectivity index (χ4n) is 2.53. The van der Waals surface area contributed by atoms with Gasteiger partial charge in [-0.15, -0.1) is 32.9 Å². The summed E-state index contributed by atoms with van der Waals surface area (Å²) in [5.74, 6) is 0.664. The zero-order valence-electron chi connectivity index (χ0n) is 15.6. The molecular formula is C17H19N7OS3. The molecule has 2 N–H and O–H groups in total. The Labute approximate surface area is 174 Å². The minimum Gasteiger partial charge on any atom is -0.376 e. The third-order valence-electron chi connectivity index (χ3n) is 4.04. The largest absolute Gasteiger partial charge is 0.376 e. The van der Waals surface area contributed by atoms with Gasteiger partial charge in [-0.3, -0.25) is 4.68 Å². The summed E-state index contributed by atoms with van der Waals surface area (Å²) in [6.07, 6.45) is 2.72. The third-order valence-corrected chi connectivity index (χ3v) is 7.01. The summed E-state index contributed by atoms with van der Waals surface area (Å²) in [5.41, 5.74) is 0.683. The van der Waals surface area contributed by atoms with E-state index in [9.17, 15) is 5.11 Å². The monoisotopic (exact) mass is 433 g/mol. The number of aryl methyl sites for hydroxylation is 2. The first-order chi connectivity index (χ1) is 13.4. The highest BCUT2D eigenvalue weighted by Gasteiger charge is 2.33. The lowest BCUT2D eigenvalue weighted by atomic mass is 10.1. The van der Waals surface area contributed by atoms with E-state index in [1.807, 2.05) is 41.6 Å². The Morgan fingerprint density at radius 2 is 1.96 bits per heavy atom. The van der Waals surface area contributed by atoms with Gasteiger partial charge in [0.15, 0.2) is 16.4 Å². The second kappa shape index (κ2) is 7.66. The molecule has 0 aliphatic rings. The van der Waals surface area contributed by atoms with Crippen LogP contribution < -0.4 is 5.32 Å². The van der Waals surface area contributed by atoms with Gasteiger partial charge in [-0.05, 0) is 20.3 Å². The summed E-state index contributed by atoms with van der Waals surface area (Å²) in [4.78, 5) is 8.93. The van der Waals surface area contributed by atoms with Crippen LogP contribution in [0, 0.1) is 6.92 Å². The van der Waals surface area contributed by atoms with Crippen molar-refractivity contribution in [3.63, 3.8) is 0 Å². The number of hydrogen-bond acceptors (Lipinski definition) is 10. The first kappa shape index (κ1) is 19.1. The summed E-state index contributed by atoms with van der Waals surface area (Å²) in [6.45, 7) is 6.34. The molecule has 0 aromatic carbocycles. The van der Waals surface area contributed by atoms with Crippen LogP contribution in [-0.2, 0) is 18.6 Å². The van der Waals surface area contributed by atoms with Crippen molar-refractivity contribution < 1.29 is 5.11 Å². The lowest BCUT2D eigenvalue weighted by Crippen LogP contribution is -2.22. The van der Waals surface area contributed by atoms with Gasteiger partial charge in [-0.25, -0.2) is 9.97 Å². The van der Waals surface area contributed by atoms with Gasteiger partial charge in [0.2, 0.25) is 5.13 Å². The molecule has 4 rings (SSSR count). The smallest absolute Gasteiger partial charge is 0.211 e. The molecule has 1 atom stereocenters. The minimum absolute atomic E-state index is 0.490. The highest BCUT2D eigenvalue weighted by Crippen LogP contribution is 2.35. The Kier molecular flexibility index (Phi) is 5.23. The van der Waals surface area contributed by atoms with Crippen LogP contribution in [0.25, 0.3) is 0 Å². The van der Waals surface area contributed by atoms with Crippen LogP contribution in [0.1, 0.15) is 40.3 Å². The molecule has 28 heavy (non-hydrogen) atoms. The molecule has 0 radical (unpaired) electrons. The molecule has 0 aliphatic carbocycles. The van der Waals surface area contributed by atoms with Crippen molar-refractivity contribution in [3.05, 3.63) is 49.4 Å². The first-order valence-corrected chi connectivity index (χ1v) is 11.2. The molecule has 0 aliphatic heterocycles. The van der Waals surface area contributed by atoms with E-state index in [0.29, 0.717) is 27.5 Å². The van der Waals surface area contributed by atoms with Gasteiger partial charge in [0.25, 0.3) is 0 Å². The van der Waals surface area contributed by atoms with Crippen molar-refractivity contribution in [1.29, 1.82) is 0 Å². The molecular weight excluding hydrogens is 414 g/mol. The van der Waals surface area contributed by atoms with Crippen LogP contribution in [0.5, 0.6) is 0 Å². The van der Waals surface area contributed by atoms with Gasteiger partial charge in [-0.2, -0.15) is 5.10 Å². The lowest BCUT2D eigenvalue weighted by Gasteiger charge is -2.16. The molecule has 0 fully saturated rings. The Morgan fingerprint density at radius 1 is 1.14 bits per heavy atom. The molecule has 4 aromatic heterocycles. The van der Waals surface area contributed by atoms with Gasteiger partial charge >= 0.3 is 0 Å². The number of nitrogens with one attached hydrogen (secondary N) is 1. The van der Waals surface area contributed by atoms with Gasteiger partial charge in [-0.1, -0.05) is 18.3 Å². The van der Waals surface area contributed by atoms with Crippen LogP contribution >= 0.6 is 34.0 Å². The van der Waals surface area contributed by atoms with E-state index in [1.54, 1.807) is 18.3 Å². The second-order valence-electron chi connectivity index (χ2n) is 6.36. The molecule has 4 heterocycles. The van der Waals surface area contributed by atoms with Crippen LogP contribution in [-0.4, -0.2) is 35.1 Å². The van der Waals surface area contributed by atoms with Crippen LogP contribution in [0.3, 0.4) is 0 Å². The number of hydrogen-bond donors (Lipinski definition) is 2. The average molecular weight is 434 g/mol. The maximum atomic E-state index is 10.9. The van der Waals surface area contributed by atoms with Crippen molar-refractivity contribution in [2.45, 2.75) is 39.3 Å². The van der Waals surface area contributed by atoms with E-state index in [1.165, 1.54) is 22.7 Å². The summed E-state index contributed by atoms with van der Waals surface area (Å²) >= 11 is 4.34. The predicted molar refractivity (Wildman–Crippen MR) is 112 cm³/mol. The zero-order chi connectivity index (χ0) is 19.7. The van der Waals surface area contributed by atoms with Crippen molar-refractivity contribution in [2.75, 3.05) is 5.32 Å². The molecule has 0 saturated carbocycles.